The van der Waals surface area contributed by atoms with Crippen LogP contribution in [0.5, 0.6) is 0 Å². The Morgan fingerprint density at radius 3 is 2.56 bits per heavy atom. The van der Waals surface area contributed by atoms with Crippen molar-refractivity contribution in [3.8, 4) is 0 Å². The summed E-state index contributed by atoms with van der Waals surface area (Å²) in [6, 6.07) is 4.85. The minimum Gasteiger partial charge on any atom is -0.382 e. The fourth-order valence-corrected chi connectivity index (χ4v) is 1.41. The number of amides is 1. The zero-order valence-corrected chi connectivity index (χ0v) is 9.23. The maximum Gasteiger partial charge on any atom is 0.246 e. The fraction of sp³-hybridized carbons (Fsp3) is 0.0909. The molecule has 1 aromatic carbocycles. The van der Waals surface area contributed by atoms with Crippen LogP contribution in [0.1, 0.15) is 0 Å². The van der Waals surface area contributed by atoms with Gasteiger partial charge in [-0.05, 0) is 18.2 Å². The lowest BCUT2D eigenvalue weighted by Gasteiger charge is -2.07. The lowest BCUT2D eigenvalue weighted by atomic mass is 10.3. The second-order valence-corrected chi connectivity index (χ2v) is 3.58. The van der Waals surface area contributed by atoms with Gasteiger partial charge >= 0.3 is 0 Å². The molecular weight excluding hydrogens is 242 g/mol. The first-order chi connectivity index (χ1) is 8.56. The van der Waals surface area contributed by atoms with Gasteiger partial charge in [0.2, 0.25) is 5.91 Å². The summed E-state index contributed by atoms with van der Waals surface area (Å²) in [6.45, 7) is -0.176. The van der Waals surface area contributed by atoms with Crippen LogP contribution in [0, 0.1) is 11.6 Å². The molecule has 2 aromatic rings. The highest BCUT2D eigenvalue weighted by molar-refractivity contribution is 5.90. The molecule has 0 aliphatic carbocycles. The summed E-state index contributed by atoms with van der Waals surface area (Å²) in [5, 5.41) is 5.93. The first-order valence-electron chi connectivity index (χ1n) is 5.09. The number of nitrogen functional groups attached to an aromatic ring is 1. The number of nitrogens with two attached hydrogens (primary N) is 1. The van der Waals surface area contributed by atoms with Gasteiger partial charge in [-0.1, -0.05) is 6.07 Å². The van der Waals surface area contributed by atoms with Crippen molar-refractivity contribution in [2.24, 2.45) is 0 Å². The van der Waals surface area contributed by atoms with Crippen molar-refractivity contribution in [1.29, 1.82) is 0 Å². The number of benzene rings is 1. The molecule has 94 valence electrons. The van der Waals surface area contributed by atoms with E-state index in [1.807, 2.05) is 0 Å². The standard InChI is InChI=1S/C11H10F2N4O/c12-7-2-1-3-8(13)11(7)15-10(18)6-17-5-4-9(14)16-17/h1-5H,6H2,(H2,14,16)(H,15,18). The summed E-state index contributed by atoms with van der Waals surface area (Å²) in [5.74, 6) is -1.99. The predicted octanol–water partition coefficient (Wildman–Crippen LogP) is 1.38. The molecule has 0 spiro atoms. The number of anilines is 2. The van der Waals surface area contributed by atoms with E-state index < -0.39 is 23.2 Å². The highest BCUT2D eigenvalue weighted by Crippen LogP contribution is 2.17. The molecule has 1 aromatic heterocycles. The average Bonchev–Trinajstić information content (AvgIpc) is 2.69. The van der Waals surface area contributed by atoms with Crippen LogP contribution in [0.15, 0.2) is 30.5 Å². The maximum absolute atomic E-state index is 13.3. The predicted molar refractivity (Wildman–Crippen MR) is 61.6 cm³/mol. The molecule has 1 heterocycles. The number of rotatable bonds is 3. The van der Waals surface area contributed by atoms with E-state index in [1.165, 1.54) is 23.0 Å². The summed E-state index contributed by atoms with van der Waals surface area (Å²) in [4.78, 5) is 11.5. The van der Waals surface area contributed by atoms with E-state index in [1.54, 1.807) is 0 Å². The highest BCUT2D eigenvalue weighted by Gasteiger charge is 2.12. The van der Waals surface area contributed by atoms with Gasteiger partial charge in [-0.3, -0.25) is 9.48 Å². The van der Waals surface area contributed by atoms with Gasteiger partial charge in [-0.25, -0.2) is 8.78 Å². The molecule has 5 nitrogen and oxygen atoms in total. The number of nitrogens with one attached hydrogen (secondary N) is 1. The molecule has 0 aliphatic heterocycles. The van der Waals surface area contributed by atoms with Gasteiger partial charge in [0.1, 0.15) is 29.7 Å². The van der Waals surface area contributed by atoms with Crippen LogP contribution in [0.2, 0.25) is 0 Å². The number of nitrogens with zero attached hydrogens (tertiary/aromatic N) is 2. The summed E-state index contributed by atoms with van der Waals surface area (Å²) in [7, 11) is 0. The Balaban J connectivity index is 2.08. The van der Waals surface area contributed by atoms with Crippen LogP contribution in [0.4, 0.5) is 20.3 Å². The lowest BCUT2D eigenvalue weighted by molar-refractivity contribution is -0.116. The Bertz CT molecular complexity index is 562. The third kappa shape index (κ3) is 2.62. The topological polar surface area (TPSA) is 72.9 Å². The monoisotopic (exact) mass is 252 g/mol. The molecule has 0 atom stereocenters. The van der Waals surface area contributed by atoms with Crippen molar-refractivity contribution in [1.82, 2.24) is 9.78 Å². The largest absolute Gasteiger partial charge is 0.382 e. The third-order valence-corrected chi connectivity index (χ3v) is 2.19. The normalized spacial score (nSPS) is 10.3. The van der Waals surface area contributed by atoms with Crippen molar-refractivity contribution in [2.75, 3.05) is 11.1 Å². The molecule has 0 aliphatic rings. The molecule has 18 heavy (non-hydrogen) atoms. The molecule has 0 unspecified atom stereocenters. The van der Waals surface area contributed by atoms with Crippen LogP contribution in [0.3, 0.4) is 0 Å². The van der Waals surface area contributed by atoms with Crippen LogP contribution in [-0.2, 0) is 11.3 Å². The summed E-state index contributed by atoms with van der Waals surface area (Å²) in [5.41, 5.74) is 4.90. The molecule has 0 fully saturated rings. The van der Waals surface area contributed by atoms with Crippen molar-refractivity contribution in [3.05, 3.63) is 42.1 Å². The Kier molecular flexibility index (Phi) is 3.22. The van der Waals surface area contributed by atoms with Crippen LogP contribution in [0.25, 0.3) is 0 Å². The van der Waals surface area contributed by atoms with E-state index in [2.05, 4.69) is 10.4 Å². The van der Waals surface area contributed by atoms with Gasteiger partial charge in [-0.15, -0.1) is 0 Å². The molecule has 1 amide bonds. The van der Waals surface area contributed by atoms with E-state index in [9.17, 15) is 13.6 Å². The molecule has 0 radical (unpaired) electrons. The number of carbonyl (C=O) groups is 1. The SMILES string of the molecule is Nc1ccn(CC(=O)Nc2c(F)cccc2F)n1. The Labute approximate surface area is 101 Å². The van der Waals surface area contributed by atoms with E-state index in [-0.39, 0.29) is 12.4 Å². The highest BCUT2D eigenvalue weighted by atomic mass is 19.1. The molecule has 0 saturated heterocycles. The molecule has 7 heteroatoms. The molecule has 0 saturated carbocycles. The number of hydrogen-bond donors (Lipinski definition) is 2. The molecular formula is C11H10F2N4O. The van der Waals surface area contributed by atoms with Gasteiger partial charge in [0.25, 0.3) is 0 Å². The summed E-state index contributed by atoms with van der Waals surface area (Å²) >= 11 is 0. The zero-order valence-electron chi connectivity index (χ0n) is 9.23. The van der Waals surface area contributed by atoms with Gasteiger partial charge in [0, 0.05) is 6.20 Å². The van der Waals surface area contributed by atoms with Crippen molar-refractivity contribution >= 4 is 17.4 Å². The van der Waals surface area contributed by atoms with Gasteiger partial charge in [0.15, 0.2) is 0 Å². The van der Waals surface area contributed by atoms with E-state index in [0.717, 1.165) is 12.1 Å². The van der Waals surface area contributed by atoms with E-state index in [0.29, 0.717) is 0 Å². The van der Waals surface area contributed by atoms with Gasteiger partial charge in [-0.2, -0.15) is 5.10 Å². The Morgan fingerprint density at radius 1 is 1.33 bits per heavy atom. The fourth-order valence-electron chi connectivity index (χ4n) is 1.41. The Morgan fingerprint density at radius 2 is 2.00 bits per heavy atom. The lowest BCUT2D eigenvalue weighted by Crippen LogP contribution is -2.20. The third-order valence-electron chi connectivity index (χ3n) is 2.19. The van der Waals surface area contributed by atoms with Crippen LogP contribution < -0.4 is 11.1 Å². The molecule has 0 bridgehead atoms. The van der Waals surface area contributed by atoms with E-state index in [4.69, 9.17) is 5.73 Å². The van der Waals surface area contributed by atoms with Crippen molar-refractivity contribution < 1.29 is 13.6 Å². The van der Waals surface area contributed by atoms with Crippen molar-refractivity contribution in [3.63, 3.8) is 0 Å². The summed E-state index contributed by atoms with van der Waals surface area (Å²) in [6.07, 6.45) is 1.49. The quantitative estimate of drug-likeness (QED) is 0.866. The number of halogens is 2. The van der Waals surface area contributed by atoms with Gasteiger partial charge < -0.3 is 11.1 Å². The summed E-state index contributed by atoms with van der Waals surface area (Å²) < 4.78 is 27.8. The molecule has 3 N–H and O–H groups in total. The number of para-hydroxylation sites is 1. The second kappa shape index (κ2) is 4.82. The minimum absolute atomic E-state index is 0.176. The minimum atomic E-state index is -0.830. The van der Waals surface area contributed by atoms with Crippen LogP contribution in [-0.4, -0.2) is 15.7 Å². The maximum atomic E-state index is 13.3. The van der Waals surface area contributed by atoms with Crippen LogP contribution >= 0.6 is 0 Å². The second-order valence-electron chi connectivity index (χ2n) is 3.58. The number of carbonyl (C=O) groups excluding carboxylic acids is 1. The number of aromatic nitrogens is 2. The zero-order chi connectivity index (χ0) is 13.1. The van der Waals surface area contributed by atoms with E-state index >= 15 is 0 Å². The average molecular weight is 252 g/mol. The smallest absolute Gasteiger partial charge is 0.246 e. The van der Waals surface area contributed by atoms with Crippen molar-refractivity contribution in [2.45, 2.75) is 6.54 Å². The Hall–Kier alpha value is -2.44. The first-order valence-corrected chi connectivity index (χ1v) is 5.09. The first kappa shape index (κ1) is 12.0. The molecule has 2 rings (SSSR count). The van der Waals surface area contributed by atoms with Gasteiger partial charge in [0.05, 0.1) is 0 Å². The number of hydrogen-bond acceptors (Lipinski definition) is 3.